The fraction of sp³-hybridized carbons (Fsp3) is 0.300. The number of thioether (sulfide) groups is 1. The Morgan fingerprint density at radius 2 is 2.04 bits per heavy atom. The first-order chi connectivity index (χ1) is 13.6. The van der Waals surface area contributed by atoms with E-state index >= 15 is 0 Å². The molecular formula is C20H23N5O2S. The number of aryl methyl sites for hydroxylation is 1. The molecule has 8 heteroatoms. The number of nitrogens with zero attached hydrogens (tertiary/aromatic N) is 4. The highest BCUT2D eigenvalue weighted by Crippen LogP contribution is 2.26. The number of pyridine rings is 1. The van der Waals surface area contributed by atoms with Gasteiger partial charge in [0.1, 0.15) is 0 Å². The second kappa shape index (κ2) is 9.36. The van der Waals surface area contributed by atoms with Crippen molar-refractivity contribution in [3.63, 3.8) is 0 Å². The molecule has 0 bridgehead atoms. The van der Waals surface area contributed by atoms with Crippen LogP contribution in [0.25, 0.3) is 11.4 Å². The number of benzene rings is 1. The number of nitrogens with one attached hydrogen (secondary N) is 1. The molecule has 0 saturated heterocycles. The van der Waals surface area contributed by atoms with Crippen LogP contribution in [0.5, 0.6) is 5.88 Å². The van der Waals surface area contributed by atoms with E-state index in [1.54, 1.807) is 19.4 Å². The maximum atomic E-state index is 12.2. The van der Waals surface area contributed by atoms with E-state index in [9.17, 15) is 4.79 Å². The molecule has 28 heavy (non-hydrogen) atoms. The molecule has 0 fully saturated rings. The summed E-state index contributed by atoms with van der Waals surface area (Å²) < 4.78 is 7.06. The van der Waals surface area contributed by atoms with Gasteiger partial charge in [-0.2, -0.15) is 0 Å². The standard InChI is InChI=1S/C20H23N5O2S/c1-4-25-19(16-8-6-5-7-14(16)2)23-24-20(25)28-13-17(26)21-11-15-9-10-18(27-3)22-12-15/h5-10,12H,4,11,13H2,1-3H3,(H,21,26). The Morgan fingerprint density at radius 1 is 1.21 bits per heavy atom. The summed E-state index contributed by atoms with van der Waals surface area (Å²) in [6.45, 7) is 5.26. The Labute approximate surface area is 168 Å². The van der Waals surface area contributed by atoms with Gasteiger partial charge in [-0.25, -0.2) is 4.98 Å². The van der Waals surface area contributed by atoms with Crippen LogP contribution in [0.15, 0.2) is 47.8 Å². The molecule has 0 aliphatic rings. The zero-order valence-corrected chi connectivity index (χ0v) is 17.0. The Balaban J connectivity index is 1.59. The minimum Gasteiger partial charge on any atom is -0.481 e. The molecule has 0 aliphatic carbocycles. The summed E-state index contributed by atoms with van der Waals surface area (Å²) in [5, 5.41) is 12.3. The molecule has 3 rings (SSSR count). The minimum atomic E-state index is -0.0658. The monoisotopic (exact) mass is 397 g/mol. The van der Waals surface area contributed by atoms with Gasteiger partial charge < -0.3 is 14.6 Å². The molecule has 1 N–H and O–H groups in total. The van der Waals surface area contributed by atoms with Crippen molar-refractivity contribution in [1.82, 2.24) is 25.1 Å². The smallest absolute Gasteiger partial charge is 0.230 e. The number of carbonyl (C=O) groups is 1. The molecule has 2 aromatic heterocycles. The second-order valence-corrected chi connectivity index (χ2v) is 7.08. The van der Waals surface area contributed by atoms with Crippen LogP contribution in [0.4, 0.5) is 0 Å². The Hall–Kier alpha value is -2.87. The number of methoxy groups -OCH3 is 1. The lowest BCUT2D eigenvalue weighted by Crippen LogP contribution is -2.24. The van der Waals surface area contributed by atoms with Crippen molar-refractivity contribution in [2.45, 2.75) is 32.1 Å². The molecule has 7 nitrogen and oxygen atoms in total. The minimum absolute atomic E-state index is 0.0658. The SMILES string of the molecule is CCn1c(SCC(=O)NCc2ccc(OC)nc2)nnc1-c1ccccc1C. The molecule has 0 atom stereocenters. The topological polar surface area (TPSA) is 81.9 Å². The largest absolute Gasteiger partial charge is 0.481 e. The van der Waals surface area contributed by atoms with Crippen LogP contribution in [-0.4, -0.2) is 38.5 Å². The highest BCUT2D eigenvalue weighted by atomic mass is 32.2. The molecule has 0 aliphatic heterocycles. The summed E-state index contributed by atoms with van der Waals surface area (Å²) in [6.07, 6.45) is 1.69. The van der Waals surface area contributed by atoms with Gasteiger partial charge in [-0.15, -0.1) is 10.2 Å². The van der Waals surface area contributed by atoms with E-state index in [-0.39, 0.29) is 11.7 Å². The van der Waals surface area contributed by atoms with Crippen molar-refractivity contribution in [3.8, 4) is 17.3 Å². The number of hydrogen-bond acceptors (Lipinski definition) is 6. The van der Waals surface area contributed by atoms with Crippen molar-refractivity contribution in [3.05, 3.63) is 53.7 Å². The van der Waals surface area contributed by atoms with Gasteiger partial charge in [0.25, 0.3) is 0 Å². The van der Waals surface area contributed by atoms with Gasteiger partial charge in [-0.3, -0.25) is 4.79 Å². The normalized spacial score (nSPS) is 10.7. The van der Waals surface area contributed by atoms with Gasteiger partial charge in [0.2, 0.25) is 11.8 Å². The van der Waals surface area contributed by atoms with Crippen molar-refractivity contribution < 1.29 is 9.53 Å². The predicted molar refractivity (Wildman–Crippen MR) is 109 cm³/mol. The molecule has 0 radical (unpaired) electrons. The molecule has 0 unspecified atom stereocenters. The van der Waals surface area contributed by atoms with Gasteiger partial charge in [0, 0.05) is 30.9 Å². The molecule has 146 valence electrons. The van der Waals surface area contributed by atoms with Gasteiger partial charge in [0.05, 0.1) is 12.9 Å². The van der Waals surface area contributed by atoms with Gasteiger partial charge in [-0.1, -0.05) is 42.1 Å². The van der Waals surface area contributed by atoms with Crippen LogP contribution in [0.2, 0.25) is 0 Å². The number of aromatic nitrogens is 4. The zero-order valence-electron chi connectivity index (χ0n) is 16.2. The summed E-state index contributed by atoms with van der Waals surface area (Å²) in [5.41, 5.74) is 3.12. The van der Waals surface area contributed by atoms with Crippen molar-refractivity contribution in [2.24, 2.45) is 0 Å². The quantitative estimate of drug-likeness (QED) is 0.588. The first-order valence-corrected chi connectivity index (χ1v) is 9.98. The highest BCUT2D eigenvalue weighted by molar-refractivity contribution is 7.99. The lowest BCUT2D eigenvalue weighted by Gasteiger charge is -2.09. The Morgan fingerprint density at radius 3 is 2.71 bits per heavy atom. The first kappa shape index (κ1) is 19.9. The van der Waals surface area contributed by atoms with Crippen molar-refractivity contribution >= 4 is 17.7 Å². The van der Waals surface area contributed by atoms with Gasteiger partial charge >= 0.3 is 0 Å². The van der Waals surface area contributed by atoms with Crippen molar-refractivity contribution in [1.29, 1.82) is 0 Å². The van der Waals surface area contributed by atoms with Crippen molar-refractivity contribution in [2.75, 3.05) is 12.9 Å². The second-order valence-electron chi connectivity index (χ2n) is 6.14. The fourth-order valence-corrected chi connectivity index (χ4v) is 3.55. The van der Waals surface area contributed by atoms with Gasteiger partial charge in [0.15, 0.2) is 11.0 Å². The maximum absolute atomic E-state index is 12.2. The maximum Gasteiger partial charge on any atom is 0.230 e. The summed E-state index contributed by atoms with van der Waals surface area (Å²) in [5.74, 6) is 1.58. The van der Waals surface area contributed by atoms with E-state index in [0.29, 0.717) is 12.4 Å². The molecule has 2 heterocycles. The third-order valence-corrected chi connectivity index (χ3v) is 5.21. The third-order valence-electron chi connectivity index (χ3n) is 4.25. The highest BCUT2D eigenvalue weighted by Gasteiger charge is 2.15. The number of amides is 1. The van der Waals surface area contributed by atoms with E-state index in [0.717, 1.165) is 34.2 Å². The third kappa shape index (κ3) is 4.69. The summed E-state index contributed by atoms with van der Waals surface area (Å²) >= 11 is 1.38. The molecule has 0 saturated carbocycles. The van der Waals surface area contributed by atoms with Crippen LogP contribution in [0.1, 0.15) is 18.1 Å². The first-order valence-electron chi connectivity index (χ1n) is 9.00. The van der Waals surface area contributed by atoms with E-state index in [2.05, 4.69) is 33.5 Å². The molecular weight excluding hydrogens is 374 g/mol. The van der Waals surface area contributed by atoms with Gasteiger partial charge in [-0.05, 0) is 25.0 Å². The zero-order chi connectivity index (χ0) is 19.9. The lowest BCUT2D eigenvalue weighted by atomic mass is 10.1. The number of carbonyl (C=O) groups excluding carboxylic acids is 1. The Bertz CT molecular complexity index is 940. The molecule has 1 aromatic carbocycles. The molecule has 0 spiro atoms. The fourth-order valence-electron chi connectivity index (χ4n) is 2.72. The summed E-state index contributed by atoms with van der Waals surface area (Å²) in [6, 6.07) is 11.7. The average Bonchev–Trinajstić information content (AvgIpc) is 3.14. The van der Waals surface area contributed by atoms with Crippen LogP contribution in [0, 0.1) is 6.92 Å². The Kier molecular flexibility index (Phi) is 6.65. The molecule has 3 aromatic rings. The predicted octanol–water partition coefficient (Wildman–Crippen LogP) is 3.09. The lowest BCUT2D eigenvalue weighted by molar-refractivity contribution is -0.118. The van der Waals surface area contributed by atoms with E-state index in [1.807, 2.05) is 35.8 Å². The average molecular weight is 398 g/mol. The van der Waals surface area contributed by atoms with Crippen LogP contribution in [-0.2, 0) is 17.9 Å². The molecule has 1 amide bonds. The number of hydrogen-bond donors (Lipinski definition) is 1. The summed E-state index contributed by atoms with van der Waals surface area (Å²) in [7, 11) is 1.57. The van der Waals surface area contributed by atoms with E-state index in [1.165, 1.54) is 11.8 Å². The van der Waals surface area contributed by atoms with E-state index in [4.69, 9.17) is 4.74 Å². The van der Waals surface area contributed by atoms with E-state index < -0.39 is 0 Å². The number of rotatable bonds is 8. The summed E-state index contributed by atoms with van der Waals surface area (Å²) in [4.78, 5) is 16.3. The van der Waals surface area contributed by atoms with Crippen LogP contribution in [0.3, 0.4) is 0 Å². The number of ether oxygens (including phenoxy) is 1. The van der Waals surface area contributed by atoms with Crippen LogP contribution < -0.4 is 10.1 Å². The van der Waals surface area contributed by atoms with Crippen LogP contribution >= 0.6 is 11.8 Å².